The van der Waals surface area contributed by atoms with Crippen molar-refractivity contribution >= 4 is 28.5 Å². The zero-order chi connectivity index (χ0) is 24.5. The van der Waals surface area contributed by atoms with Crippen LogP contribution in [0.15, 0.2) is 79.3 Å². The quantitative estimate of drug-likeness (QED) is 0.240. The summed E-state index contributed by atoms with van der Waals surface area (Å²) in [6.07, 6.45) is 6.16. The second-order valence-electron chi connectivity index (χ2n) is 7.94. The number of benzene rings is 2. The van der Waals surface area contributed by atoms with E-state index in [0.717, 1.165) is 27.1 Å². The van der Waals surface area contributed by atoms with Gasteiger partial charge in [-0.15, -0.1) is 11.3 Å². The van der Waals surface area contributed by atoms with Crippen molar-refractivity contribution in [3.63, 3.8) is 0 Å². The zero-order valence-electron chi connectivity index (χ0n) is 19.3. The molecule has 2 aromatic carbocycles. The summed E-state index contributed by atoms with van der Waals surface area (Å²) >= 11 is 1.44. The Bertz CT molecular complexity index is 1280. The Hall–Kier alpha value is -4.04. The first kappa shape index (κ1) is 24.1. The van der Waals surface area contributed by atoms with Crippen LogP contribution in [0.1, 0.15) is 33.6 Å². The molecule has 178 valence electrons. The van der Waals surface area contributed by atoms with Crippen LogP contribution in [0.4, 0.5) is 9.93 Å². The molecular formula is C27H25N3O4S. The molecule has 8 heteroatoms. The lowest BCUT2D eigenvalue weighted by atomic mass is 10.1. The number of anilines is 1. The second kappa shape index (κ2) is 11.9. The van der Waals surface area contributed by atoms with E-state index in [1.807, 2.05) is 61.5 Å². The third-order valence-corrected chi connectivity index (χ3v) is 6.09. The molecular weight excluding hydrogens is 462 g/mol. The molecule has 0 aliphatic heterocycles. The van der Waals surface area contributed by atoms with Crippen molar-refractivity contribution in [3.8, 4) is 5.75 Å². The van der Waals surface area contributed by atoms with E-state index in [2.05, 4.69) is 15.3 Å². The van der Waals surface area contributed by atoms with Crippen LogP contribution in [-0.4, -0.2) is 22.0 Å². The number of pyridine rings is 1. The van der Waals surface area contributed by atoms with Gasteiger partial charge in [0.1, 0.15) is 12.4 Å². The summed E-state index contributed by atoms with van der Waals surface area (Å²) in [7, 11) is 0. The van der Waals surface area contributed by atoms with E-state index < -0.39 is 6.16 Å². The summed E-state index contributed by atoms with van der Waals surface area (Å²) in [5.41, 5.74) is 3.79. The first-order chi connectivity index (χ1) is 17.0. The van der Waals surface area contributed by atoms with Gasteiger partial charge in [-0.2, -0.15) is 0 Å². The number of rotatable bonds is 9. The van der Waals surface area contributed by atoms with Gasteiger partial charge in [0.2, 0.25) is 5.91 Å². The monoisotopic (exact) mass is 487 g/mol. The second-order valence-corrected chi connectivity index (χ2v) is 9.06. The molecule has 0 atom stereocenters. The number of aryl methyl sites for hydroxylation is 2. The standard InChI is InChI=1S/C27H25N3O4S/c1-19-14-22(9-11-24(19)34-27(32)33-18-21-6-3-2-4-7-21)15-23-17-29-26(35-23)30-25(31)12-10-20-8-5-13-28-16-20/h2-9,11,13-14,16-17H,10,12,15,18H2,1H3,(H,29,30,31). The third-order valence-electron chi connectivity index (χ3n) is 5.17. The molecule has 0 aliphatic rings. The lowest BCUT2D eigenvalue weighted by Gasteiger charge is -2.09. The van der Waals surface area contributed by atoms with Crippen molar-refractivity contribution in [2.45, 2.75) is 32.8 Å². The largest absolute Gasteiger partial charge is 0.514 e. The molecule has 0 unspecified atom stereocenters. The predicted molar refractivity (Wildman–Crippen MR) is 135 cm³/mol. The molecule has 0 aliphatic carbocycles. The van der Waals surface area contributed by atoms with Gasteiger partial charge in [-0.3, -0.25) is 9.78 Å². The number of hydrogen-bond acceptors (Lipinski definition) is 7. The minimum Gasteiger partial charge on any atom is -0.429 e. The maximum atomic E-state index is 12.2. The lowest BCUT2D eigenvalue weighted by Crippen LogP contribution is -2.12. The topological polar surface area (TPSA) is 90.4 Å². The van der Waals surface area contributed by atoms with E-state index in [0.29, 0.717) is 30.1 Å². The molecule has 7 nitrogen and oxygen atoms in total. The maximum absolute atomic E-state index is 12.2. The van der Waals surface area contributed by atoms with Gasteiger partial charge in [-0.25, -0.2) is 9.78 Å². The summed E-state index contributed by atoms with van der Waals surface area (Å²) in [5.74, 6) is 0.379. The molecule has 0 bridgehead atoms. The van der Waals surface area contributed by atoms with E-state index in [-0.39, 0.29) is 12.5 Å². The number of nitrogens with one attached hydrogen (secondary N) is 1. The minimum atomic E-state index is -0.740. The van der Waals surface area contributed by atoms with Gasteiger partial charge in [-0.05, 0) is 47.7 Å². The van der Waals surface area contributed by atoms with E-state index in [9.17, 15) is 9.59 Å². The Labute approximate surface area is 207 Å². The van der Waals surface area contributed by atoms with E-state index in [4.69, 9.17) is 9.47 Å². The van der Waals surface area contributed by atoms with Crippen LogP contribution in [0.2, 0.25) is 0 Å². The van der Waals surface area contributed by atoms with Crippen molar-refractivity contribution < 1.29 is 19.1 Å². The average molecular weight is 488 g/mol. The van der Waals surface area contributed by atoms with E-state index in [1.165, 1.54) is 11.3 Å². The molecule has 1 amide bonds. The van der Waals surface area contributed by atoms with Crippen LogP contribution in [-0.2, 0) is 29.0 Å². The van der Waals surface area contributed by atoms with Gasteiger partial charge in [0.15, 0.2) is 5.13 Å². The summed E-state index contributed by atoms with van der Waals surface area (Å²) < 4.78 is 10.5. The van der Waals surface area contributed by atoms with Gasteiger partial charge >= 0.3 is 6.16 Å². The van der Waals surface area contributed by atoms with Crippen molar-refractivity contribution in [3.05, 3.63) is 106 Å². The number of ether oxygens (including phenoxy) is 2. The summed E-state index contributed by atoms with van der Waals surface area (Å²) in [4.78, 5) is 33.7. The number of carbonyl (C=O) groups excluding carboxylic acids is 2. The first-order valence-corrected chi connectivity index (χ1v) is 12.0. The van der Waals surface area contributed by atoms with Crippen LogP contribution < -0.4 is 10.1 Å². The van der Waals surface area contributed by atoms with Gasteiger partial charge in [0.05, 0.1) is 0 Å². The molecule has 1 N–H and O–H groups in total. The van der Waals surface area contributed by atoms with Crippen molar-refractivity contribution in [1.82, 2.24) is 9.97 Å². The number of hydrogen-bond donors (Lipinski definition) is 1. The number of thiazole rings is 1. The predicted octanol–water partition coefficient (Wildman–Crippen LogP) is 5.72. The third kappa shape index (κ3) is 7.48. The normalized spacial score (nSPS) is 10.5. The van der Waals surface area contributed by atoms with Gasteiger partial charge in [0, 0.05) is 36.3 Å². The molecule has 0 spiro atoms. The minimum absolute atomic E-state index is 0.0775. The fraction of sp³-hybridized carbons (Fsp3) is 0.185. The average Bonchev–Trinajstić information content (AvgIpc) is 3.31. The van der Waals surface area contributed by atoms with Gasteiger partial charge in [0.25, 0.3) is 0 Å². The Balaban J connectivity index is 1.26. The SMILES string of the molecule is Cc1cc(Cc2cnc(NC(=O)CCc3cccnc3)s2)ccc1OC(=O)OCc1ccccc1. The maximum Gasteiger partial charge on any atom is 0.514 e. The van der Waals surface area contributed by atoms with Gasteiger partial charge < -0.3 is 14.8 Å². The fourth-order valence-corrected chi connectivity index (χ4v) is 4.27. The van der Waals surface area contributed by atoms with Gasteiger partial charge in [-0.1, -0.05) is 48.5 Å². The molecule has 0 radical (unpaired) electrons. The van der Waals surface area contributed by atoms with Crippen molar-refractivity contribution in [2.75, 3.05) is 5.32 Å². The molecule has 2 aromatic heterocycles. The number of carbonyl (C=O) groups is 2. The highest BCUT2D eigenvalue weighted by Gasteiger charge is 2.11. The van der Waals surface area contributed by atoms with E-state index >= 15 is 0 Å². The Morgan fingerprint density at radius 3 is 2.57 bits per heavy atom. The number of aromatic nitrogens is 2. The van der Waals surface area contributed by atoms with Crippen LogP contribution in [0.5, 0.6) is 5.75 Å². The van der Waals surface area contributed by atoms with Crippen LogP contribution in [0, 0.1) is 6.92 Å². The summed E-state index contributed by atoms with van der Waals surface area (Å²) in [6.45, 7) is 2.04. The Morgan fingerprint density at radius 2 is 1.80 bits per heavy atom. The summed E-state index contributed by atoms with van der Waals surface area (Å²) in [5, 5.41) is 3.44. The number of amides is 1. The highest BCUT2D eigenvalue weighted by molar-refractivity contribution is 7.15. The molecule has 35 heavy (non-hydrogen) atoms. The van der Waals surface area contributed by atoms with Crippen molar-refractivity contribution in [2.24, 2.45) is 0 Å². The smallest absolute Gasteiger partial charge is 0.429 e. The highest BCUT2D eigenvalue weighted by atomic mass is 32.1. The van der Waals surface area contributed by atoms with Crippen LogP contribution >= 0.6 is 11.3 Å². The van der Waals surface area contributed by atoms with Crippen LogP contribution in [0.3, 0.4) is 0 Å². The van der Waals surface area contributed by atoms with Crippen molar-refractivity contribution in [1.29, 1.82) is 0 Å². The summed E-state index contributed by atoms with van der Waals surface area (Å²) in [6, 6.07) is 18.9. The molecule has 2 heterocycles. The Morgan fingerprint density at radius 1 is 0.971 bits per heavy atom. The first-order valence-electron chi connectivity index (χ1n) is 11.2. The number of nitrogens with zero attached hydrogens (tertiary/aromatic N) is 2. The molecule has 0 fully saturated rings. The highest BCUT2D eigenvalue weighted by Crippen LogP contribution is 2.25. The molecule has 4 aromatic rings. The Kier molecular flexibility index (Phi) is 8.19. The lowest BCUT2D eigenvalue weighted by molar-refractivity contribution is -0.116. The van der Waals surface area contributed by atoms with E-state index in [1.54, 1.807) is 24.7 Å². The fourth-order valence-electron chi connectivity index (χ4n) is 3.41. The zero-order valence-corrected chi connectivity index (χ0v) is 20.1. The van der Waals surface area contributed by atoms with Crippen LogP contribution in [0.25, 0.3) is 0 Å². The molecule has 4 rings (SSSR count). The molecule has 0 saturated carbocycles. The molecule has 0 saturated heterocycles.